The average Bonchev–Trinajstić information content (AvgIpc) is 3.21. The first-order valence-electron chi connectivity index (χ1n) is 7.16. The summed E-state index contributed by atoms with van der Waals surface area (Å²) in [5.41, 5.74) is 2.18. The van der Waals surface area contributed by atoms with Crippen LogP contribution in [0.3, 0.4) is 0 Å². The van der Waals surface area contributed by atoms with Crippen LogP contribution in [0.25, 0.3) is 0 Å². The Bertz CT molecular complexity index is 819. The number of aromatic nitrogens is 3. The number of H-pyrrole nitrogens is 1. The summed E-state index contributed by atoms with van der Waals surface area (Å²) in [6.45, 7) is 2.07. The summed E-state index contributed by atoms with van der Waals surface area (Å²) in [4.78, 5) is 16.2. The smallest absolute Gasteiger partial charge is 0.234 e. The molecule has 0 saturated heterocycles. The number of benzene rings is 1. The average molecular weight is 352 g/mol. The zero-order chi connectivity index (χ0) is 16.4. The maximum atomic E-state index is 12.3. The van der Waals surface area contributed by atoms with Crippen molar-refractivity contribution in [2.75, 3.05) is 22.4 Å². The standard InChI is InChI=1S/C14H16N4O3S2/c1-2-23(20,21)18-6-5-10-7-11(3-4-12(10)18)13(19)8-22-14-15-9-16-17-14/h3-4,7,9H,2,5-6,8H2,1H3,(H,15,16,17). The molecule has 0 saturated carbocycles. The maximum absolute atomic E-state index is 12.3. The van der Waals surface area contributed by atoms with E-state index in [2.05, 4.69) is 15.2 Å². The van der Waals surface area contributed by atoms with Gasteiger partial charge in [-0.15, -0.1) is 0 Å². The van der Waals surface area contributed by atoms with Gasteiger partial charge in [-0.1, -0.05) is 11.8 Å². The Kier molecular flexibility index (Phi) is 4.40. The summed E-state index contributed by atoms with van der Waals surface area (Å²) in [6.07, 6.45) is 2.02. The fourth-order valence-electron chi connectivity index (χ4n) is 2.47. The van der Waals surface area contributed by atoms with Crippen molar-refractivity contribution in [2.45, 2.75) is 18.5 Å². The molecule has 7 nitrogen and oxygen atoms in total. The molecule has 0 aliphatic carbocycles. The summed E-state index contributed by atoms with van der Waals surface area (Å²) in [7, 11) is -3.26. The normalized spacial score (nSPS) is 14.0. The fourth-order valence-corrected chi connectivity index (χ4v) is 4.30. The second-order valence-electron chi connectivity index (χ2n) is 5.07. The quantitative estimate of drug-likeness (QED) is 0.625. The molecule has 122 valence electrons. The lowest BCUT2D eigenvalue weighted by Crippen LogP contribution is -2.30. The monoisotopic (exact) mass is 352 g/mol. The van der Waals surface area contributed by atoms with Crippen LogP contribution in [0.15, 0.2) is 29.7 Å². The van der Waals surface area contributed by atoms with Gasteiger partial charge < -0.3 is 0 Å². The molecule has 0 spiro atoms. The van der Waals surface area contributed by atoms with Gasteiger partial charge in [0.1, 0.15) is 6.33 Å². The SMILES string of the molecule is CCS(=O)(=O)N1CCc2cc(C(=O)CSc3ncn[nH]3)ccc21. The third-order valence-electron chi connectivity index (χ3n) is 3.69. The number of anilines is 1. The van der Waals surface area contributed by atoms with Crippen molar-refractivity contribution in [1.29, 1.82) is 0 Å². The molecular formula is C14H16N4O3S2. The minimum absolute atomic E-state index is 0.0222. The lowest BCUT2D eigenvalue weighted by molar-refractivity contribution is 0.102. The number of aromatic amines is 1. The number of ketones is 1. The van der Waals surface area contributed by atoms with Crippen molar-refractivity contribution in [2.24, 2.45) is 0 Å². The van der Waals surface area contributed by atoms with Gasteiger partial charge in [-0.25, -0.2) is 13.4 Å². The minimum atomic E-state index is -3.26. The summed E-state index contributed by atoms with van der Waals surface area (Å²) in [6, 6.07) is 5.21. The van der Waals surface area contributed by atoms with Crippen LogP contribution in [-0.4, -0.2) is 47.4 Å². The topological polar surface area (TPSA) is 96.0 Å². The Balaban J connectivity index is 1.75. The molecule has 1 aliphatic rings. The molecule has 0 radical (unpaired) electrons. The summed E-state index contributed by atoms with van der Waals surface area (Å²) in [5.74, 6) is 0.303. The van der Waals surface area contributed by atoms with Crippen LogP contribution in [0.5, 0.6) is 0 Å². The van der Waals surface area contributed by atoms with E-state index in [-0.39, 0.29) is 17.3 Å². The van der Waals surface area contributed by atoms with E-state index in [1.165, 1.54) is 22.4 Å². The van der Waals surface area contributed by atoms with Gasteiger partial charge in [-0.3, -0.25) is 14.2 Å². The second kappa shape index (κ2) is 6.32. The lowest BCUT2D eigenvalue weighted by Gasteiger charge is -2.18. The van der Waals surface area contributed by atoms with Crippen molar-refractivity contribution in [3.8, 4) is 0 Å². The second-order valence-corrected chi connectivity index (χ2v) is 8.21. The van der Waals surface area contributed by atoms with Gasteiger partial charge in [0, 0.05) is 12.1 Å². The molecule has 2 aromatic rings. The highest BCUT2D eigenvalue weighted by Gasteiger charge is 2.28. The molecule has 0 atom stereocenters. The molecule has 0 fully saturated rings. The number of thioether (sulfide) groups is 1. The van der Waals surface area contributed by atoms with Gasteiger partial charge in [-0.05, 0) is 37.1 Å². The maximum Gasteiger partial charge on any atom is 0.234 e. The summed E-state index contributed by atoms with van der Waals surface area (Å²) < 4.78 is 25.5. The van der Waals surface area contributed by atoms with Gasteiger partial charge in [-0.2, -0.15) is 5.10 Å². The van der Waals surface area contributed by atoms with E-state index in [1.54, 1.807) is 25.1 Å². The Morgan fingerprint density at radius 1 is 1.43 bits per heavy atom. The van der Waals surface area contributed by atoms with Crippen molar-refractivity contribution in [3.63, 3.8) is 0 Å². The number of hydrogen-bond acceptors (Lipinski definition) is 6. The Morgan fingerprint density at radius 2 is 2.26 bits per heavy atom. The molecule has 1 aliphatic heterocycles. The molecular weight excluding hydrogens is 336 g/mol. The van der Waals surface area contributed by atoms with Crippen LogP contribution >= 0.6 is 11.8 Å². The van der Waals surface area contributed by atoms with Gasteiger partial charge in [0.25, 0.3) is 0 Å². The van der Waals surface area contributed by atoms with E-state index < -0.39 is 10.0 Å². The zero-order valence-corrected chi connectivity index (χ0v) is 14.2. The summed E-state index contributed by atoms with van der Waals surface area (Å²) in [5, 5.41) is 7.02. The molecule has 3 rings (SSSR count). The lowest BCUT2D eigenvalue weighted by atomic mass is 10.1. The van der Waals surface area contributed by atoms with Crippen LogP contribution < -0.4 is 4.31 Å². The van der Waals surface area contributed by atoms with Crippen LogP contribution in [0, 0.1) is 0 Å². The number of nitrogens with zero attached hydrogens (tertiary/aromatic N) is 3. The van der Waals surface area contributed by atoms with E-state index in [9.17, 15) is 13.2 Å². The van der Waals surface area contributed by atoms with Crippen molar-refractivity contribution >= 4 is 33.3 Å². The fraction of sp³-hybridized carbons (Fsp3) is 0.357. The van der Waals surface area contributed by atoms with Crippen molar-refractivity contribution in [1.82, 2.24) is 15.2 Å². The number of carbonyl (C=O) groups is 1. The van der Waals surface area contributed by atoms with E-state index >= 15 is 0 Å². The number of sulfonamides is 1. The minimum Gasteiger partial charge on any atom is -0.293 e. The van der Waals surface area contributed by atoms with Gasteiger partial charge in [0.15, 0.2) is 10.9 Å². The predicted molar refractivity (Wildman–Crippen MR) is 88.4 cm³/mol. The molecule has 1 aromatic heterocycles. The first kappa shape index (κ1) is 16.0. The first-order valence-corrected chi connectivity index (χ1v) is 9.75. The van der Waals surface area contributed by atoms with Crippen molar-refractivity contribution < 1.29 is 13.2 Å². The highest BCUT2D eigenvalue weighted by Crippen LogP contribution is 2.31. The third-order valence-corrected chi connectivity index (χ3v) is 6.34. The molecule has 1 aromatic carbocycles. The molecule has 0 amide bonds. The van der Waals surface area contributed by atoms with Crippen LogP contribution in [0.1, 0.15) is 22.8 Å². The first-order chi connectivity index (χ1) is 11.0. The van der Waals surface area contributed by atoms with E-state index in [4.69, 9.17) is 0 Å². The number of Topliss-reactive ketones (excluding diaryl/α,β-unsaturated/α-hetero) is 1. The van der Waals surface area contributed by atoms with Crippen molar-refractivity contribution in [3.05, 3.63) is 35.7 Å². The van der Waals surface area contributed by atoms with Gasteiger partial charge >= 0.3 is 0 Å². The van der Waals surface area contributed by atoms with Gasteiger partial charge in [0.2, 0.25) is 10.0 Å². The number of carbonyl (C=O) groups excluding carboxylic acids is 1. The zero-order valence-electron chi connectivity index (χ0n) is 12.5. The van der Waals surface area contributed by atoms with E-state index in [0.29, 0.717) is 29.4 Å². The van der Waals surface area contributed by atoms with Crippen LogP contribution in [0.2, 0.25) is 0 Å². The predicted octanol–water partition coefficient (Wildman–Crippen LogP) is 1.49. The Hall–Kier alpha value is -1.87. The summed E-state index contributed by atoms with van der Waals surface area (Å²) >= 11 is 1.29. The molecule has 2 heterocycles. The highest BCUT2D eigenvalue weighted by molar-refractivity contribution is 7.99. The van der Waals surface area contributed by atoms with Gasteiger partial charge in [0.05, 0.1) is 17.2 Å². The van der Waals surface area contributed by atoms with E-state index in [0.717, 1.165) is 5.56 Å². The number of hydrogen-bond donors (Lipinski definition) is 1. The highest BCUT2D eigenvalue weighted by atomic mass is 32.2. The third kappa shape index (κ3) is 3.25. The molecule has 1 N–H and O–H groups in total. The number of rotatable bonds is 6. The Labute approximate surface area is 138 Å². The molecule has 0 unspecified atom stereocenters. The van der Waals surface area contributed by atoms with E-state index in [1.807, 2.05) is 0 Å². The largest absolute Gasteiger partial charge is 0.293 e. The van der Waals surface area contributed by atoms with Crippen LogP contribution in [0.4, 0.5) is 5.69 Å². The Morgan fingerprint density at radius 3 is 2.96 bits per heavy atom. The molecule has 23 heavy (non-hydrogen) atoms. The molecule has 9 heteroatoms. The van der Waals surface area contributed by atoms with Crippen LogP contribution in [-0.2, 0) is 16.4 Å². The number of nitrogens with one attached hydrogen (secondary N) is 1. The molecule has 0 bridgehead atoms. The number of fused-ring (bicyclic) bond motifs is 1.